The van der Waals surface area contributed by atoms with E-state index in [1.807, 2.05) is 12.1 Å². The zero-order chi connectivity index (χ0) is 11.1. The Kier molecular flexibility index (Phi) is 4.11. The zero-order valence-corrected chi connectivity index (χ0v) is 8.53. The van der Waals surface area contributed by atoms with Crippen molar-refractivity contribution in [3.05, 3.63) is 47.5 Å². The molecule has 76 valence electrons. The molecule has 1 aromatic carbocycles. The third-order valence-electron chi connectivity index (χ3n) is 1.91. The molecule has 1 N–H and O–H groups in total. The average Bonchev–Trinajstić information content (AvgIpc) is 2.27. The molecule has 1 amide bonds. The second kappa shape index (κ2) is 5.61. The SMILES string of the molecule is C/C=C/C(=O)NCc1ccccc1C#N. The summed E-state index contributed by atoms with van der Waals surface area (Å²) in [5.41, 5.74) is 1.43. The Morgan fingerprint density at radius 2 is 2.27 bits per heavy atom. The molecule has 0 radical (unpaired) electrons. The summed E-state index contributed by atoms with van der Waals surface area (Å²) in [6.07, 6.45) is 3.13. The monoisotopic (exact) mass is 200 g/mol. The van der Waals surface area contributed by atoms with Crippen LogP contribution in [0.1, 0.15) is 18.1 Å². The Balaban J connectivity index is 2.66. The summed E-state index contributed by atoms with van der Waals surface area (Å²) in [5.74, 6) is -0.148. The smallest absolute Gasteiger partial charge is 0.243 e. The van der Waals surface area contributed by atoms with Crippen LogP contribution in [0.4, 0.5) is 0 Å². The minimum Gasteiger partial charge on any atom is -0.348 e. The Hall–Kier alpha value is -2.08. The fraction of sp³-hybridized carbons (Fsp3) is 0.167. The number of nitrogens with zero attached hydrogens (tertiary/aromatic N) is 1. The summed E-state index contributed by atoms with van der Waals surface area (Å²) in [4.78, 5) is 11.1. The fourth-order valence-electron chi connectivity index (χ4n) is 1.18. The molecule has 0 heterocycles. The Morgan fingerprint density at radius 3 is 2.93 bits per heavy atom. The number of amides is 1. The lowest BCUT2D eigenvalue weighted by molar-refractivity contribution is -0.116. The summed E-state index contributed by atoms with van der Waals surface area (Å²) in [6.45, 7) is 2.16. The van der Waals surface area contributed by atoms with E-state index >= 15 is 0 Å². The van der Waals surface area contributed by atoms with Crippen LogP contribution < -0.4 is 5.32 Å². The average molecular weight is 200 g/mol. The number of nitrogens with one attached hydrogen (secondary N) is 1. The van der Waals surface area contributed by atoms with Gasteiger partial charge >= 0.3 is 0 Å². The highest BCUT2D eigenvalue weighted by Crippen LogP contribution is 2.06. The maximum Gasteiger partial charge on any atom is 0.243 e. The molecule has 0 aliphatic rings. The first kappa shape index (κ1) is 11.0. The molecule has 0 atom stereocenters. The first-order valence-electron chi connectivity index (χ1n) is 4.66. The van der Waals surface area contributed by atoms with Crippen molar-refractivity contribution in [1.29, 1.82) is 5.26 Å². The van der Waals surface area contributed by atoms with Gasteiger partial charge in [0.05, 0.1) is 11.6 Å². The van der Waals surface area contributed by atoms with Crippen molar-refractivity contribution in [2.45, 2.75) is 13.5 Å². The first-order valence-corrected chi connectivity index (χ1v) is 4.66. The standard InChI is InChI=1S/C12H12N2O/c1-2-5-12(15)14-9-11-7-4-3-6-10(11)8-13/h2-7H,9H2,1H3,(H,14,15)/b5-2+. The van der Waals surface area contributed by atoms with Crippen LogP contribution in [0.25, 0.3) is 0 Å². The Morgan fingerprint density at radius 1 is 1.53 bits per heavy atom. The lowest BCUT2D eigenvalue weighted by Crippen LogP contribution is -2.20. The molecule has 0 aliphatic heterocycles. The number of rotatable bonds is 3. The van der Waals surface area contributed by atoms with Gasteiger partial charge in [-0.25, -0.2) is 0 Å². The number of allylic oxidation sites excluding steroid dienone is 1. The van der Waals surface area contributed by atoms with Gasteiger partial charge in [-0.15, -0.1) is 0 Å². The summed E-state index contributed by atoms with van der Waals surface area (Å²) in [7, 11) is 0. The highest BCUT2D eigenvalue weighted by molar-refractivity contribution is 5.87. The summed E-state index contributed by atoms with van der Waals surface area (Å²) in [5, 5.41) is 11.5. The van der Waals surface area contributed by atoms with Gasteiger partial charge < -0.3 is 5.32 Å². The van der Waals surface area contributed by atoms with Gasteiger partial charge in [0, 0.05) is 6.54 Å². The molecule has 0 aliphatic carbocycles. The van der Waals surface area contributed by atoms with Crippen molar-refractivity contribution in [2.24, 2.45) is 0 Å². The number of carbonyl (C=O) groups is 1. The van der Waals surface area contributed by atoms with Crippen molar-refractivity contribution in [2.75, 3.05) is 0 Å². The van der Waals surface area contributed by atoms with Crippen molar-refractivity contribution in [3.8, 4) is 6.07 Å². The van der Waals surface area contributed by atoms with Crippen LogP contribution in [0, 0.1) is 11.3 Å². The van der Waals surface area contributed by atoms with E-state index in [1.54, 1.807) is 25.1 Å². The molecule has 1 rings (SSSR count). The molecule has 3 nitrogen and oxygen atoms in total. The highest BCUT2D eigenvalue weighted by Gasteiger charge is 2.01. The van der Waals surface area contributed by atoms with E-state index in [0.29, 0.717) is 12.1 Å². The lowest BCUT2D eigenvalue weighted by atomic mass is 10.1. The van der Waals surface area contributed by atoms with Crippen molar-refractivity contribution < 1.29 is 4.79 Å². The summed E-state index contributed by atoms with van der Waals surface area (Å²) < 4.78 is 0. The third kappa shape index (κ3) is 3.28. The molecule has 15 heavy (non-hydrogen) atoms. The molecule has 3 heteroatoms. The van der Waals surface area contributed by atoms with E-state index < -0.39 is 0 Å². The van der Waals surface area contributed by atoms with Crippen molar-refractivity contribution in [1.82, 2.24) is 5.32 Å². The van der Waals surface area contributed by atoms with Crippen molar-refractivity contribution >= 4 is 5.91 Å². The van der Waals surface area contributed by atoms with Gasteiger partial charge in [0.2, 0.25) is 5.91 Å². The van der Waals surface area contributed by atoms with Crippen LogP contribution in [-0.4, -0.2) is 5.91 Å². The van der Waals surface area contributed by atoms with Gasteiger partial charge in [-0.3, -0.25) is 4.79 Å². The van der Waals surface area contributed by atoms with E-state index in [1.165, 1.54) is 6.08 Å². The van der Waals surface area contributed by atoms with Crippen LogP contribution in [-0.2, 0) is 11.3 Å². The number of benzene rings is 1. The highest BCUT2D eigenvalue weighted by atomic mass is 16.1. The second-order valence-electron chi connectivity index (χ2n) is 2.99. The topological polar surface area (TPSA) is 52.9 Å². The van der Waals surface area contributed by atoms with Gasteiger partial charge in [-0.05, 0) is 24.6 Å². The quantitative estimate of drug-likeness (QED) is 0.756. The fourth-order valence-corrected chi connectivity index (χ4v) is 1.18. The van der Waals surface area contributed by atoms with E-state index in [2.05, 4.69) is 11.4 Å². The third-order valence-corrected chi connectivity index (χ3v) is 1.91. The van der Waals surface area contributed by atoms with E-state index in [4.69, 9.17) is 5.26 Å². The van der Waals surface area contributed by atoms with Gasteiger partial charge in [0.15, 0.2) is 0 Å². The van der Waals surface area contributed by atoms with Gasteiger partial charge in [-0.2, -0.15) is 5.26 Å². The molecule has 0 bridgehead atoms. The summed E-state index contributed by atoms with van der Waals surface area (Å²) >= 11 is 0. The normalized spacial score (nSPS) is 9.87. The van der Waals surface area contributed by atoms with Crippen LogP contribution in [0.3, 0.4) is 0 Å². The van der Waals surface area contributed by atoms with Crippen LogP contribution in [0.15, 0.2) is 36.4 Å². The largest absolute Gasteiger partial charge is 0.348 e. The molecule has 0 aromatic heterocycles. The molecule has 0 unspecified atom stereocenters. The van der Waals surface area contributed by atoms with Gasteiger partial charge in [0.25, 0.3) is 0 Å². The second-order valence-corrected chi connectivity index (χ2v) is 2.99. The lowest BCUT2D eigenvalue weighted by Gasteiger charge is -2.03. The molecule has 0 spiro atoms. The van der Waals surface area contributed by atoms with Crippen LogP contribution in [0.5, 0.6) is 0 Å². The number of carbonyl (C=O) groups excluding carboxylic acids is 1. The molecule has 0 saturated heterocycles. The predicted molar refractivity (Wildman–Crippen MR) is 57.8 cm³/mol. The Labute approximate surface area is 89.0 Å². The predicted octanol–water partition coefficient (Wildman–Crippen LogP) is 1.75. The summed E-state index contributed by atoms with van der Waals surface area (Å²) in [6, 6.07) is 9.29. The van der Waals surface area contributed by atoms with Gasteiger partial charge in [0.1, 0.15) is 0 Å². The number of nitriles is 1. The van der Waals surface area contributed by atoms with E-state index in [-0.39, 0.29) is 5.91 Å². The number of hydrogen-bond acceptors (Lipinski definition) is 2. The minimum absolute atomic E-state index is 0.148. The molecule has 1 aromatic rings. The first-order chi connectivity index (χ1) is 7.27. The zero-order valence-electron chi connectivity index (χ0n) is 8.53. The molecular formula is C12H12N2O. The van der Waals surface area contributed by atoms with Crippen LogP contribution >= 0.6 is 0 Å². The van der Waals surface area contributed by atoms with E-state index in [0.717, 1.165) is 5.56 Å². The van der Waals surface area contributed by atoms with Crippen LogP contribution in [0.2, 0.25) is 0 Å². The van der Waals surface area contributed by atoms with Gasteiger partial charge in [-0.1, -0.05) is 24.3 Å². The maximum atomic E-state index is 11.1. The molecular weight excluding hydrogens is 188 g/mol. The molecule has 0 saturated carbocycles. The maximum absolute atomic E-state index is 11.1. The minimum atomic E-state index is -0.148. The number of hydrogen-bond donors (Lipinski definition) is 1. The Bertz CT molecular complexity index is 416. The van der Waals surface area contributed by atoms with E-state index in [9.17, 15) is 4.79 Å². The van der Waals surface area contributed by atoms with Crippen molar-refractivity contribution in [3.63, 3.8) is 0 Å². The molecule has 0 fully saturated rings.